The van der Waals surface area contributed by atoms with Gasteiger partial charge in [-0.05, 0) is 42.9 Å². The molecule has 94 valence electrons. The third-order valence-corrected chi connectivity index (χ3v) is 3.80. The van der Waals surface area contributed by atoms with Gasteiger partial charge < -0.3 is 5.11 Å². The average molecular weight is 233 g/mol. The van der Waals surface area contributed by atoms with Gasteiger partial charge in [0.1, 0.15) is 5.75 Å². The molecule has 0 amide bonds. The number of nitrogens with zero attached hydrogens (tertiary/aromatic N) is 1. The second kappa shape index (κ2) is 5.09. The highest BCUT2D eigenvalue weighted by Crippen LogP contribution is 2.30. The molecule has 1 heterocycles. The Balaban J connectivity index is 2.11. The van der Waals surface area contributed by atoms with E-state index in [1.54, 1.807) is 6.07 Å². The number of hydrogen-bond donors (Lipinski definition) is 1. The molecule has 0 aromatic heterocycles. The summed E-state index contributed by atoms with van der Waals surface area (Å²) < 4.78 is 0. The van der Waals surface area contributed by atoms with Crippen LogP contribution >= 0.6 is 0 Å². The Kier molecular flexibility index (Phi) is 3.72. The number of benzene rings is 1. The Morgan fingerprint density at radius 3 is 2.47 bits per heavy atom. The van der Waals surface area contributed by atoms with Crippen molar-refractivity contribution in [1.82, 2.24) is 4.90 Å². The fourth-order valence-corrected chi connectivity index (χ4v) is 3.02. The van der Waals surface area contributed by atoms with Crippen molar-refractivity contribution < 1.29 is 5.11 Å². The molecule has 2 nitrogen and oxygen atoms in total. The predicted molar refractivity (Wildman–Crippen MR) is 71.0 cm³/mol. The molecule has 0 spiro atoms. The van der Waals surface area contributed by atoms with Crippen LogP contribution in [0.1, 0.15) is 38.8 Å². The van der Waals surface area contributed by atoms with E-state index < -0.39 is 0 Å². The van der Waals surface area contributed by atoms with Crippen LogP contribution in [0.15, 0.2) is 24.3 Å². The summed E-state index contributed by atoms with van der Waals surface area (Å²) in [5.74, 6) is 1.92. The molecule has 1 aromatic carbocycles. The number of phenolic OH excluding ortho intramolecular Hbond substituents is 1. The summed E-state index contributed by atoms with van der Waals surface area (Å²) in [6.07, 6.45) is 1.34. The highest BCUT2D eigenvalue weighted by molar-refractivity contribution is 5.29. The Morgan fingerprint density at radius 1 is 1.24 bits per heavy atom. The van der Waals surface area contributed by atoms with E-state index in [0.717, 1.165) is 11.8 Å². The molecule has 1 aliphatic rings. The van der Waals surface area contributed by atoms with Gasteiger partial charge in [0.2, 0.25) is 0 Å². The molecule has 3 atom stereocenters. The lowest BCUT2D eigenvalue weighted by molar-refractivity contribution is 0.103. The van der Waals surface area contributed by atoms with E-state index in [1.165, 1.54) is 25.1 Å². The maximum atomic E-state index is 9.55. The smallest absolute Gasteiger partial charge is 0.115 e. The largest absolute Gasteiger partial charge is 0.508 e. The van der Waals surface area contributed by atoms with Crippen molar-refractivity contribution in [2.75, 3.05) is 13.1 Å². The molecule has 1 N–H and O–H groups in total. The third-order valence-electron chi connectivity index (χ3n) is 3.80. The molecule has 1 saturated heterocycles. The van der Waals surface area contributed by atoms with Crippen LogP contribution in [-0.4, -0.2) is 23.1 Å². The molecular weight excluding hydrogens is 210 g/mol. The van der Waals surface area contributed by atoms with Crippen molar-refractivity contribution >= 4 is 0 Å². The van der Waals surface area contributed by atoms with Crippen LogP contribution in [0.2, 0.25) is 0 Å². The Bertz CT molecular complexity index is 367. The first-order valence-corrected chi connectivity index (χ1v) is 6.59. The molecule has 17 heavy (non-hydrogen) atoms. The van der Waals surface area contributed by atoms with Crippen molar-refractivity contribution in [2.24, 2.45) is 11.8 Å². The van der Waals surface area contributed by atoms with Crippen LogP contribution in [0.3, 0.4) is 0 Å². The topological polar surface area (TPSA) is 23.5 Å². The van der Waals surface area contributed by atoms with Crippen LogP contribution in [0.25, 0.3) is 0 Å². The lowest BCUT2D eigenvalue weighted by Crippen LogP contribution is -2.40. The number of aromatic hydroxyl groups is 1. The highest BCUT2D eigenvalue weighted by Gasteiger charge is 2.25. The molecule has 0 aliphatic carbocycles. The van der Waals surface area contributed by atoms with Gasteiger partial charge in [0.15, 0.2) is 0 Å². The van der Waals surface area contributed by atoms with Gasteiger partial charge in [-0.25, -0.2) is 0 Å². The Hall–Kier alpha value is -1.02. The van der Waals surface area contributed by atoms with Crippen LogP contribution < -0.4 is 0 Å². The molecule has 0 bridgehead atoms. The van der Waals surface area contributed by atoms with Gasteiger partial charge in [-0.15, -0.1) is 0 Å². The first-order valence-electron chi connectivity index (χ1n) is 6.59. The van der Waals surface area contributed by atoms with Crippen LogP contribution in [0.4, 0.5) is 0 Å². The standard InChI is InChI=1S/C15H23NO/c1-11-7-12(2)10-16(9-11)13(3)14-5-4-6-15(17)8-14/h4-6,8,11-13,17H,7,9-10H2,1-3H3. The summed E-state index contributed by atoms with van der Waals surface area (Å²) in [6.45, 7) is 9.23. The van der Waals surface area contributed by atoms with Gasteiger partial charge in [0, 0.05) is 19.1 Å². The summed E-state index contributed by atoms with van der Waals surface area (Å²) in [4.78, 5) is 2.54. The molecular formula is C15H23NO. The minimum absolute atomic E-state index is 0.368. The Labute approximate surface area is 104 Å². The minimum atomic E-state index is 0.368. The molecule has 1 aliphatic heterocycles. The van der Waals surface area contributed by atoms with Gasteiger partial charge >= 0.3 is 0 Å². The normalized spacial score (nSPS) is 27.9. The zero-order valence-electron chi connectivity index (χ0n) is 11.1. The minimum Gasteiger partial charge on any atom is -0.508 e. The first kappa shape index (κ1) is 12.4. The SMILES string of the molecule is CC1CC(C)CN(C(C)c2cccc(O)c2)C1. The Morgan fingerprint density at radius 2 is 1.88 bits per heavy atom. The van der Waals surface area contributed by atoms with Crippen molar-refractivity contribution in [2.45, 2.75) is 33.2 Å². The molecule has 3 unspecified atom stereocenters. The fourth-order valence-electron chi connectivity index (χ4n) is 3.02. The van der Waals surface area contributed by atoms with E-state index in [9.17, 15) is 5.11 Å². The molecule has 1 fully saturated rings. The predicted octanol–water partition coefficient (Wildman–Crippen LogP) is 3.43. The summed E-state index contributed by atoms with van der Waals surface area (Å²) in [5, 5.41) is 9.55. The van der Waals surface area contributed by atoms with E-state index in [2.05, 4.69) is 31.7 Å². The van der Waals surface area contributed by atoms with Crippen molar-refractivity contribution in [3.63, 3.8) is 0 Å². The zero-order chi connectivity index (χ0) is 12.4. The quantitative estimate of drug-likeness (QED) is 0.846. The van der Waals surface area contributed by atoms with E-state index in [4.69, 9.17) is 0 Å². The number of hydrogen-bond acceptors (Lipinski definition) is 2. The van der Waals surface area contributed by atoms with Crippen molar-refractivity contribution in [3.8, 4) is 5.75 Å². The molecule has 0 saturated carbocycles. The van der Waals surface area contributed by atoms with E-state index in [-0.39, 0.29) is 0 Å². The third kappa shape index (κ3) is 3.01. The number of phenols is 1. The van der Waals surface area contributed by atoms with Gasteiger partial charge in [-0.1, -0.05) is 26.0 Å². The molecule has 2 heteroatoms. The first-order chi connectivity index (χ1) is 8.06. The second-order valence-corrected chi connectivity index (χ2v) is 5.67. The maximum absolute atomic E-state index is 9.55. The van der Waals surface area contributed by atoms with Gasteiger partial charge in [0.25, 0.3) is 0 Å². The average Bonchev–Trinajstić information content (AvgIpc) is 2.26. The van der Waals surface area contributed by atoms with Crippen molar-refractivity contribution in [1.29, 1.82) is 0 Å². The van der Waals surface area contributed by atoms with E-state index >= 15 is 0 Å². The lowest BCUT2D eigenvalue weighted by atomic mass is 9.90. The number of rotatable bonds is 2. The monoisotopic (exact) mass is 233 g/mol. The summed E-state index contributed by atoms with van der Waals surface area (Å²) in [7, 11) is 0. The summed E-state index contributed by atoms with van der Waals surface area (Å²) in [5.41, 5.74) is 1.21. The van der Waals surface area contributed by atoms with Crippen LogP contribution in [0, 0.1) is 11.8 Å². The summed E-state index contributed by atoms with van der Waals surface area (Å²) >= 11 is 0. The van der Waals surface area contributed by atoms with Crippen molar-refractivity contribution in [3.05, 3.63) is 29.8 Å². The lowest BCUT2D eigenvalue weighted by Gasteiger charge is -2.39. The molecule has 0 radical (unpaired) electrons. The number of piperidine rings is 1. The fraction of sp³-hybridized carbons (Fsp3) is 0.600. The van der Waals surface area contributed by atoms with E-state index in [1.807, 2.05) is 12.1 Å². The van der Waals surface area contributed by atoms with Gasteiger partial charge in [0.05, 0.1) is 0 Å². The van der Waals surface area contributed by atoms with Crippen LogP contribution in [-0.2, 0) is 0 Å². The molecule has 1 aromatic rings. The highest BCUT2D eigenvalue weighted by atomic mass is 16.3. The number of likely N-dealkylation sites (tertiary alicyclic amines) is 1. The zero-order valence-corrected chi connectivity index (χ0v) is 11.1. The van der Waals surface area contributed by atoms with Gasteiger partial charge in [-0.3, -0.25) is 4.90 Å². The maximum Gasteiger partial charge on any atom is 0.115 e. The summed E-state index contributed by atoms with van der Waals surface area (Å²) in [6, 6.07) is 8.05. The van der Waals surface area contributed by atoms with Gasteiger partial charge in [-0.2, -0.15) is 0 Å². The van der Waals surface area contributed by atoms with E-state index in [0.29, 0.717) is 11.8 Å². The second-order valence-electron chi connectivity index (χ2n) is 5.67. The molecule has 2 rings (SSSR count). The van der Waals surface area contributed by atoms with Crippen LogP contribution in [0.5, 0.6) is 5.75 Å².